The molecule has 1 amide bonds. The van der Waals surface area contributed by atoms with Gasteiger partial charge in [0.15, 0.2) is 5.58 Å². The van der Waals surface area contributed by atoms with Gasteiger partial charge in [0.2, 0.25) is 5.91 Å². The zero-order valence-electron chi connectivity index (χ0n) is 14.2. The fourth-order valence-electron chi connectivity index (χ4n) is 3.95. The van der Waals surface area contributed by atoms with Gasteiger partial charge < -0.3 is 19.3 Å². The Bertz CT molecular complexity index is 836. The predicted molar refractivity (Wildman–Crippen MR) is 92.3 cm³/mol. The lowest BCUT2D eigenvalue weighted by atomic mass is 10.0. The maximum atomic E-state index is 12.6. The van der Waals surface area contributed by atoms with Crippen LogP contribution < -0.4 is 5.76 Å². The fourth-order valence-corrected chi connectivity index (χ4v) is 3.95. The lowest BCUT2D eigenvalue weighted by molar-refractivity contribution is -0.132. The minimum absolute atomic E-state index is 0.0599. The van der Waals surface area contributed by atoms with E-state index in [1.54, 1.807) is 23.1 Å². The largest absolute Gasteiger partial charge is 0.420 e. The second-order valence-electron chi connectivity index (χ2n) is 7.19. The average molecular weight is 345 g/mol. The number of benzene rings is 1. The summed E-state index contributed by atoms with van der Waals surface area (Å²) < 4.78 is 6.53. The quantitative estimate of drug-likeness (QED) is 0.880. The highest BCUT2D eigenvalue weighted by molar-refractivity contribution is 5.79. The molecule has 0 saturated carbocycles. The van der Waals surface area contributed by atoms with E-state index < -0.39 is 11.4 Å². The van der Waals surface area contributed by atoms with Crippen LogP contribution in [0.2, 0.25) is 0 Å². The summed E-state index contributed by atoms with van der Waals surface area (Å²) in [5, 5.41) is 10.8. The van der Waals surface area contributed by atoms with Gasteiger partial charge in [-0.15, -0.1) is 0 Å². The summed E-state index contributed by atoms with van der Waals surface area (Å²) in [5.41, 5.74) is 0.253. The monoisotopic (exact) mass is 345 g/mol. The van der Waals surface area contributed by atoms with E-state index in [0.717, 1.165) is 13.1 Å². The standard InChI is InChI=1S/C18H23N3O4/c22-16(11-21-14-5-1-2-6-15(14)25-17(21)23)20-10-7-18(24,13-20)12-19-8-3-4-9-19/h1-2,5-6,24H,3-4,7-13H2/t18-/m1/s1. The van der Waals surface area contributed by atoms with Crippen molar-refractivity contribution in [2.24, 2.45) is 0 Å². The Balaban J connectivity index is 1.45. The van der Waals surface area contributed by atoms with Crippen molar-refractivity contribution in [3.05, 3.63) is 34.8 Å². The minimum Gasteiger partial charge on any atom is -0.408 e. The van der Waals surface area contributed by atoms with Crippen molar-refractivity contribution in [3.8, 4) is 0 Å². The zero-order valence-corrected chi connectivity index (χ0v) is 14.2. The van der Waals surface area contributed by atoms with Crippen LogP contribution in [0.15, 0.2) is 33.5 Å². The van der Waals surface area contributed by atoms with Crippen molar-refractivity contribution in [2.45, 2.75) is 31.4 Å². The summed E-state index contributed by atoms with van der Waals surface area (Å²) >= 11 is 0. The number of para-hydroxylation sites is 2. The van der Waals surface area contributed by atoms with Gasteiger partial charge in [-0.1, -0.05) is 12.1 Å². The van der Waals surface area contributed by atoms with Gasteiger partial charge in [0.25, 0.3) is 0 Å². The lowest BCUT2D eigenvalue weighted by Crippen LogP contribution is -2.45. The summed E-state index contributed by atoms with van der Waals surface area (Å²) in [5.74, 6) is -0.688. The third-order valence-electron chi connectivity index (χ3n) is 5.27. The van der Waals surface area contributed by atoms with Crippen molar-refractivity contribution >= 4 is 17.0 Å². The average Bonchev–Trinajstić information content (AvgIpc) is 3.29. The molecule has 4 rings (SSSR count). The minimum atomic E-state index is -0.844. The van der Waals surface area contributed by atoms with Gasteiger partial charge >= 0.3 is 5.76 Å². The number of aliphatic hydroxyl groups is 1. The number of hydrogen-bond acceptors (Lipinski definition) is 5. The number of oxazole rings is 1. The molecule has 1 atom stereocenters. The molecule has 7 heteroatoms. The summed E-state index contributed by atoms with van der Waals surface area (Å²) in [6, 6.07) is 7.07. The molecule has 0 aliphatic carbocycles. The molecule has 25 heavy (non-hydrogen) atoms. The SMILES string of the molecule is O=C(Cn1c(=O)oc2ccccc21)N1CC[C@@](O)(CN2CCCC2)C1. The molecule has 1 aromatic carbocycles. The molecule has 2 aliphatic heterocycles. The molecule has 0 unspecified atom stereocenters. The summed E-state index contributed by atoms with van der Waals surface area (Å²) in [6.07, 6.45) is 2.93. The van der Waals surface area contributed by atoms with Gasteiger partial charge in [0.05, 0.1) is 17.7 Å². The van der Waals surface area contributed by atoms with E-state index in [0.29, 0.717) is 37.2 Å². The molecule has 3 heterocycles. The van der Waals surface area contributed by atoms with E-state index in [2.05, 4.69) is 4.90 Å². The summed E-state index contributed by atoms with van der Waals surface area (Å²) in [6.45, 7) is 3.45. The Morgan fingerprint density at radius 3 is 2.76 bits per heavy atom. The van der Waals surface area contributed by atoms with Crippen molar-refractivity contribution in [2.75, 3.05) is 32.7 Å². The van der Waals surface area contributed by atoms with E-state index in [1.807, 2.05) is 6.07 Å². The second-order valence-corrected chi connectivity index (χ2v) is 7.19. The molecule has 0 bridgehead atoms. The molecule has 2 fully saturated rings. The normalized spacial score (nSPS) is 24.4. The van der Waals surface area contributed by atoms with Gasteiger partial charge in [-0.05, 0) is 44.5 Å². The Morgan fingerprint density at radius 1 is 1.20 bits per heavy atom. The van der Waals surface area contributed by atoms with Gasteiger partial charge in [-0.2, -0.15) is 0 Å². The van der Waals surface area contributed by atoms with Crippen molar-refractivity contribution in [1.82, 2.24) is 14.4 Å². The number of carbonyl (C=O) groups is 1. The van der Waals surface area contributed by atoms with Crippen molar-refractivity contribution < 1.29 is 14.3 Å². The molecular weight excluding hydrogens is 322 g/mol. The van der Waals surface area contributed by atoms with Gasteiger partial charge in [-0.3, -0.25) is 9.36 Å². The Kier molecular flexibility index (Phi) is 4.13. The van der Waals surface area contributed by atoms with Gasteiger partial charge in [-0.25, -0.2) is 4.79 Å². The van der Waals surface area contributed by atoms with Crippen LogP contribution in [-0.4, -0.2) is 63.7 Å². The van der Waals surface area contributed by atoms with Crippen LogP contribution >= 0.6 is 0 Å². The molecule has 7 nitrogen and oxygen atoms in total. The maximum absolute atomic E-state index is 12.6. The first-order chi connectivity index (χ1) is 12.0. The molecule has 134 valence electrons. The number of β-amino-alcohol motifs (C(OH)–C–C–N with tert-alkyl or cyclic N) is 1. The Morgan fingerprint density at radius 2 is 1.96 bits per heavy atom. The summed E-state index contributed by atoms with van der Waals surface area (Å²) in [7, 11) is 0. The molecule has 1 N–H and O–H groups in total. The number of aromatic nitrogens is 1. The van der Waals surface area contributed by atoms with E-state index in [9.17, 15) is 14.7 Å². The number of nitrogens with zero attached hydrogens (tertiary/aromatic N) is 3. The van der Waals surface area contributed by atoms with Gasteiger partial charge in [0.1, 0.15) is 6.54 Å². The molecule has 1 aromatic heterocycles. The lowest BCUT2D eigenvalue weighted by Gasteiger charge is -2.28. The number of fused-ring (bicyclic) bond motifs is 1. The van der Waals surface area contributed by atoms with Crippen LogP contribution in [0.1, 0.15) is 19.3 Å². The molecular formula is C18H23N3O4. The molecule has 2 saturated heterocycles. The molecule has 0 radical (unpaired) electrons. The third-order valence-corrected chi connectivity index (χ3v) is 5.27. The smallest absolute Gasteiger partial charge is 0.408 e. The predicted octanol–water partition coefficient (Wildman–Crippen LogP) is 0.654. The first kappa shape index (κ1) is 16.4. The maximum Gasteiger partial charge on any atom is 0.420 e. The highest BCUT2D eigenvalue weighted by Gasteiger charge is 2.39. The van der Waals surface area contributed by atoms with Crippen molar-refractivity contribution in [1.29, 1.82) is 0 Å². The molecule has 2 aromatic rings. The van der Waals surface area contributed by atoms with E-state index >= 15 is 0 Å². The first-order valence-electron chi connectivity index (χ1n) is 8.85. The van der Waals surface area contributed by atoms with Gasteiger partial charge in [0, 0.05) is 13.1 Å². The molecule has 2 aliphatic rings. The highest BCUT2D eigenvalue weighted by Crippen LogP contribution is 2.24. The fraction of sp³-hybridized carbons (Fsp3) is 0.556. The van der Waals surface area contributed by atoms with Crippen LogP contribution in [0.25, 0.3) is 11.1 Å². The Labute approximate surface area is 145 Å². The van der Waals surface area contributed by atoms with E-state index in [4.69, 9.17) is 4.42 Å². The number of hydrogen-bond donors (Lipinski definition) is 1. The van der Waals surface area contributed by atoms with Crippen molar-refractivity contribution in [3.63, 3.8) is 0 Å². The number of amides is 1. The number of carbonyl (C=O) groups excluding carboxylic acids is 1. The topological polar surface area (TPSA) is 78.9 Å². The third kappa shape index (κ3) is 3.21. The van der Waals surface area contributed by atoms with Crippen LogP contribution in [-0.2, 0) is 11.3 Å². The van der Waals surface area contributed by atoms with Crippen LogP contribution in [0.5, 0.6) is 0 Å². The first-order valence-corrected chi connectivity index (χ1v) is 8.85. The van der Waals surface area contributed by atoms with Crippen LogP contribution in [0.3, 0.4) is 0 Å². The number of rotatable bonds is 4. The van der Waals surface area contributed by atoms with E-state index in [-0.39, 0.29) is 12.5 Å². The second kappa shape index (κ2) is 6.31. The highest BCUT2D eigenvalue weighted by atomic mass is 16.4. The zero-order chi connectivity index (χ0) is 17.4. The Hall–Kier alpha value is -2.12. The molecule has 0 spiro atoms. The van der Waals surface area contributed by atoms with Crippen LogP contribution in [0, 0.1) is 0 Å². The summed E-state index contributed by atoms with van der Waals surface area (Å²) in [4.78, 5) is 28.6. The van der Waals surface area contributed by atoms with Crippen LogP contribution in [0.4, 0.5) is 0 Å². The van der Waals surface area contributed by atoms with E-state index in [1.165, 1.54) is 17.4 Å². The number of likely N-dealkylation sites (tertiary alicyclic amines) is 2.